The van der Waals surface area contributed by atoms with Gasteiger partial charge in [0, 0.05) is 16.1 Å². The van der Waals surface area contributed by atoms with Gasteiger partial charge in [-0.15, -0.1) is 11.8 Å². The zero-order chi connectivity index (χ0) is 22.1. The Morgan fingerprint density at radius 2 is 1.74 bits per heavy atom. The molecule has 0 aliphatic carbocycles. The summed E-state index contributed by atoms with van der Waals surface area (Å²) in [4.78, 5) is 26.4. The monoisotopic (exact) mass is 431 g/mol. The Balaban J connectivity index is 1.84. The van der Waals surface area contributed by atoms with Gasteiger partial charge in [0.1, 0.15) is 11.5 Å². The fourth-order valence-corrected chi connectivity index (χ4v) is 3.26. The lowest BCUT2D eigenvalue weighted by Crippen LogP contribution is -2.30. The largest absolute Gasteiger partial charge is 0.321 e. The average Bonchev–Trinajstić information content (AvgIpc) is 2.79. The van der Waals surface area contributed by atoms with Crippen LogP contribution in [-0.4, -0.2) is 17.6 Å². The van der Waals surface area contributed by atoms with Crippen LogP contribution >= 0.6 is 11.8 Å². The van der Waals surface area contributed by atoms with Gasteiger partial charge in [-0.2, -0.15) is 5.26 Å². The van der Waals surface area contributed by atoms with Gasteiger partial charge < -0.3 is 10.6 Å². The summed E-state index contributed by atoms with van der Waals surface area (Å²) in [5.41, 5.74) is 1.48. The normalized spacial score (nSPS) is 10.8. The van der Waals surface area contributed by atoms with Crippen molar-refractivity contribution in [2.24, 2.45) is 0 Å². The smallest absolute Gasteiger partial charge is 0.272 e. The Bertz CT molecular complexity index is 1140. The van der Waals surface area contributed by atoms with Crippen molar-refractivity contribution in [1.82, 2.24) is 5.32 Å². The van der Waals surface area contributed by atoms with E-state index in [1.165, 1.54) is 42.1 Å². The fourth-order valence-electron chi connectivity index (χ4n) is 2.65. The molecule has 2 N–H and O–H groups in total. The third kappa shape index (κ3) is 6.56. The molecule has 0 atom stereocenters. The molecule has 3 rings (SSSR count). The number of carbonyl (C=O) groups excluding carboxylic acids is 2. The summed E-state index contributed by atoms with van der Waals surface area (Å²) in [7, 11) is 0. The molecule has 0 bridgehead atoms. The van der Waals surface area contributed by atoms with Crippen molar-refractivity contribution in [3.63, 3.8) is 0 Å². The van der Waals surface area contributed by atoms with Gasteiger partial charge in [0.05, 0.1) is 11.8 Å². The van der Waals surface area contributed by atoms with Gasteiger partial charge in [-0.05, 0) is 54.1 Å². The van der Waals surface area contributed by atoms with Crippen LogP contribution in [0, 0.1) is 17.1 Å². The molecule has 2 amide bonds. The quantitative estimate of drug-likeness (QED) is 0.414. The summed E-state index contributed by atoms with van der Waals surface area (Å²) < 4.78 is 13.2. The predicted molar refractivity (Wildman–Crippen MR) is 120 cm³/mol. The summed E-state index contributed by atoms with van der Waals surface area (Å²) >= 11 is 1.35. The number of hydrogen-bond acceptors (Lipinski definition) is 4. The minimum absolute atomic E-state index is 0.00976. The number of benzene rings is 3. The lowest BCUT2D eigenvalue weighted by atomic mass is 10.1. The lowest BCUT2D eigenvalue weighted by Gasteiger charge is -2.12. The molecule has 0 heterocycles. The summed E-state index contributed by atoms with van der Waals surface area (Å²) in [5.74, 6) is -1.08. The summed E-state index contributed by atoms with van der Waals surface area (Å²) in [6.07, 6.45) is 1.48. The lowest BCUT2D eigenvalue weighted by molar-refractivity contribution is -0.113. The Morgan fingerprint density at radius 1 is 1.00 bits per heavy atom. The fraction of sp³-hybridized carbons (Fsp3) is 0.0417. The summed E-state index contributed by atoms with van der Waals surface area (Å²) in [5, 5.41) is 14.1. The molecular formula is C24H18FN3O2S. The highest BCUT2D eigenvalue weighted by atomic mass is 32.2. The molecule has 0 radical (unpaired) electrons. The van der Waals surface area contributed by atoms with Crippen molar-refractivity contribution in [2.75, 3.05) is 11.1 Å². The minimum Gasteiger partial charge on any atom is -0.321 e. The minimum atomic E-state index is -0.531. The molecule has 3 aromatic rings. The number of anilines is 1. The van der Waals surface area contributed by atoms with Crippen LogP contribution in [-0.2, 0) is 4.79 Å². The average molecular weight is 431 g/mol. The van der Waals surface area contributed by atoms with E-state index in [0.717, 1.165) is 4.90 Å². The van der Waals surface area contributed by atoms with Gasteiger partial charge in [0.25, 0.3) is 11.8 Å². The van der Waals surface area contributed by atoms with E-state index in [-0.39, 0.29) is 5.70 Å². The summed E-state index contributed by atoms with van der Waals surface area (Å²) in [6.45, 7) is 0. The molecule has 0 spiro atoms. The maximum absolute atomic E-state index is 13.2. The number of nitrogens with one attached hydrogen (secondary N) is 2. The first-order chi connectivity index (χ1) is 15.0. The zero-order valence-corrected chi connectivity index (χ0v) is 17.2. The van der Waals surface area contributed by atoms with Crippen molar-refractivity contribution in [3.8, 4) is 6.07 Å². The second-order valence-corrected chi connectivity index (χ2v) is 7.41. The van der Waals surface area contributed by atoms with Crippen LogP contribution < -0.4 is 10.6 Å². The van der Waals surface area contributed by atoms with Crippen molar-refractivity contribution in [3.05, 3.63) is 102 Å². The van der Waals surface area contributed by atoms with Gasteiger partial charge in [0.15, 0.2) is 0 Å². The Kier molecular flexibility index (Phi) is 7.57. The third-order valence-electron chi connectivity index (χ3n) is 4.11. The molecule has 154 valence electrons. The number of nitriles is 1. The number of hydrogen-bond donors (Lipinski definition) is 2. The van der Waals surface area contributed by atoms with Gasteiger partial charge in [0.2, 0.25) is 0 Å². The van der Waals surface area contributed by atoms with Crippen molar-refractivity contribution >= 4 is 35.3 Å². The second-order valence-electron chi connectivity index (χ2n) is 6.36. The van der Waals surface area contributed by atoms with Crippen LogP contribution in [0.5, 0.6) is 0 Å². The number of rotatable bonds is 7. The van der Waals surface area contributed by atoms with Crippen LogP contribution in [0.15, 0.2) is 89.5 Å². The number of thioether (sulfide) groups is 1. The van der Waals surface area contributed by atoms with Crippen molar-refractivity contribution < 1.29 is 14.0 Å². The first-order valence-electron chi connectivity index (χ1n) is 9.30. The zero-order valence-electron chi connectivity index (χ0n) is 16.3. The number of nitrogens with zero attached hydrogens (tertiary/aromatic N) is 1. The van der Waals surface area contributed by atoms with E-state index in [4.69, 9.17) is 5.26 Å². The summed E-state index contributed by atoms with van der Waals surface area (Å²) in [6, 6.07) is 23.2. The highest BCUT2D eigenvalue weighted by Crippen LogP contribution is 2.21. The van der Waals surface area contributed by atoms with E-state index in [2.05, 4.69) is 16.7 Å². The molecule has 0 fully saturated rings. The Morgan fingerprint density at radius 3 is 2.45 bits per heavy atom. The van der Waals surface area contributed by atoms with Gasteiger partial charge >= 0.3 is 0 Å². The molecule has 31 heavy (non-hydrogen) atoms. The van der Waals surface area contributed by atoms with E-state index in [9.17, 15) is 14.0 Å². The molecule has 7 heteroatoms. The van der Waals surface area contributed by atoms with Crippen LogP contribution in [0.3, 0.4) is 0 Å². The molecule has 3 aromatic carbocycles. The topological polar surface area (TPSA) is 82.0 Å². The van der Waals surface area contributed by atoms with Crippen LogP contribution in [0.4, 0.5) is 10.1 Å². The maximum Gasteiger partial charge on any atom is 0.272 e. The maximum atomic E-state index is 13.2. The molecule has 0 aliphatic heterocycles. The first kappa shape index (κ1) is 21.8. The first-order valence-corrected chi connectivity index (χ1v) is 10.3. The highest BCUT2D eigenvalue weighted by Gasteiger charge is 2.15. The van der Waals surface area contributed by atoms with E-state index in [0.29, 0.717) is 22.6 Å². The number of carbonyl (C=O) groups is 2. The molecule has 0 aliphatic rings. The van der Waals surface area contributed by atoms with Crippen LogP contribution in [0.25, 0.3) is 6.08 Å². The standard InChI is InChI=1S/C24H18FN3O2S/c25-19-11-9-17(10-12-19)15-22(28-23(29)18-5-2-1-3-6-18)24(30)27-20-7-4-8-21(16-20)31-14-13-26/h1-12,15-16H,14H2,(H,27,30)(H,28,29)/b22-15-. The molecule has 0 aromatic heterocycles. The van der Waals surface area contributed by atoms with Crippen LogP contribution in [0.1, 0.15) is 15.9 Å². The van der Waals surface area contributed by atoms with Crippen molar-refractivity contribution in [2.45, 2.75) is 4.90 Å². The molecule has 0 saturated carbocycles. The van der Waals surface area contributed by atoms with Gasteiger partial charge in [-0.1, -0.05) is 36.4 Å². The highest BCUT2D eigenvalue weighted by molar-refractivity contribution is 7.99. The predicted octanol–water partition coefficient (Wildman–Crippen LogP) is 4.85. The number of halogens is 1. The van der Waals surface area contributed by atoms with E-state index in [1.807, 2.05) is 6.07 Å². The van der Waals surface area contributed by atoms with Crippen molar-refractivity contribution in [1.29, 1.82) is 5.26 Å². The van der Waals surface area contributed by atoms with Gasteiger partial charge in [-0.25, -0.2) is 4.39 Å². The van der Waals surface area contributed by atoms with E-state index >= 15 is 0 Å². The van der Waals surface area contributed by atoms with Gasteiger partial charge in [-0.3, -0.25) is 9.59 Å². The molecule has 0 saturated heterocycles. The van der Waals surface area contributed by atoms with E-state index in [1.54, 1.807) is 48.5 Å². The van der Waals surface area contributed by atoms with Crippen LogP contribution in [0.2, 0.25) is 0 Å². The molecule has 5 nitrogen and oxygen atoms in total. The Hall–Kier alpha value is -3.89. The third-order valence-corrected chi connectivity index (χ3v) is 4.97. The molecule has 0 unspecified atom stereocenters. The SMILES string of the molecule is N#CCSc1cccc(NC(=O)/C(=C/c2ccc(F)cc2)NC(=O)c2ccccc2)c1. The second kappa shape index (κ2) is 10.8. The Labute approximate surface area is 183 Å². The van der Waals surface area contributed by atoms with E-state index < -0.39 is 17.6 Å². The number of amides is 2. The molecular weight excluding hydrogens is 413 g/mol.